The van der Waals surface area contributed by atoms with Gasteiger partial charge in [-0.05, 0) is 24.1 Å². The highest BCUT2D eigenvalue weighted by atomic mass is 16.5. The molecule has 0 spiro atoms. The third kappa shape index (κ3) is 3.28. The lowest BCUT2D eigenvalue weighted by Crippen LogP contribution is -2.02. The Labute approximate surface area is 130 Å². The fourth-order valence-corrected chi connectivity index (χ4v) is 2.22. The highest BCUT2D eigenvalue weighted by molar-refractivity contribution is 5.98. The van der Waals surface area contributed by atoms with Crippen molar-refractivity contribution in [3.05, 3.63) is 65.2 Å². The van der Waals surface area contributed by atoms with Crippen molar-refractivity contribution in [1.82, 2.24) is 0 Å². The number of nitrogens with two attached hydrogens (primary N) is 1. The molecule has 0 atom stereocenters. The number of ether oxygens (including phenoxy) is 2. The summed E-state index contributed by atoms with van der Waals surface area (Å²) in [5, 5.41) is 0. The number of rotatable bonds is 4. The van der Waals surface area contributed by atoms with Crippen LogP contribution >= 0.6 is 0 Å². The van der Waals surface area contributed by atoms with Gasteiger partial charge in [0.1, 0.15) is 5.75 Å². The minimum absolute atomic E-state index is 0.431. The highest BCUT2D eigenvalue weighted by Crippen LogP contribution is 2.35. The van der Waals surface area contributed by atoms with Crippen LogP contribution in [-0.2, 0) is 9.53 Å². The summed E-state index contributed by atoms with van der Waals surface area (Å²) in [6, 6.07) is 13.3. The summed E-state index contributed by atoms with van der Waals surface area (Å²) in [7, 11) is 2.91. The Balaban J connectivity index is 2.64. The largest absolute Gasteiger partial charge is 0.494 e. The second kappa shape index (κ2) is 6.80. The molecule has 4 heteroatoms. The molecule has 114 valence electrons. The van der Waals surface area contributed by atoms with Crippen LogP contribution in [0.5, 0.6) is 5.75 Å². The normalized spacial score (nSPS) is 11.1. The zero-order chi connectivity index (χ0) is 16.1. The van der Waals surface area contributed by atoms with Crippen molar-refractivity contribution < 1.29 is 14.3 Å². The third-order valence-corrected chi connectivity index (χ3v) is 3.37. The lowest BCUT2D eigenvalue weighted by molar-refractivity contribution is -0.134. The van der Waals surface area contributed by atoms with E-state index in [0.29, 0.717) is 17.0 Å². The van der Waals surface area contributed by atoms with Crippen LogP contribution in [0.15, 0.2) is 48.5 Å². The number of hydrogen-bond acceptors (Lipinski definition) is 4. The number of methoxy groups -OCH3 is 2. The number of esters is 1. The van der Waals surface area contributed by atoms with Gasteiger partial charge < -0.3 is 15.2 Å². The first kappa shape index (κ1) is 15.6. The fourth-order valence-electron chi connectivity index (χ4n) is 2.22. The summed E-state index contributed by atoms with van der Waals surface area (Å²) in [6.07, 6.45) is 1.45. The zero-order valence-corrected chi connectivity index (χ0v) is 12.9. The van der Waals surface area contributed by atoms with E-state index < -0.39 is 5.97 Å². The molecule has 0 heterocycles. The molecule has 0 fully saturated rings. The second-order valence-electron chi connectivity index (χ2n) is 4.88. The number of carbonyl (C=O) groups excluding carboxylic acids is 1. The Morgan fingerprint density at radius 3 is 2.36 bits per heavy atom. The van der Waals surface area contributed by atoms with Crippen LogP contribution in [0.25, 0.3) is 5.57 Å². The van der Waals surface area contributed by atoms with Crippen molar-refractivity contribution in [2.24, 2.45) is 0 Å². The number of hydrogen-bond donors (Lipinski definition) is 1. The van der Waals surface area contributed by atoms with Crippen molar-refractivity contribution in [3.63, 3.8) is 0 Å². The van der Waals surface area contributed by atoms with E-state index in [-0.39, 0.29) is 0 Å². The van der Waals surface area contributed by atoms with Gasteiger partial charge in [0.05, 0.1) is 19.9 Å². The van der Waals surface area contributed by atoms with Gasteiger partial charge in [0.15, 0.2) is 0 Å². The van der Waals surface area contributed by atoms with E-state index in [9.17, 15) is 4.79 Å². The number of carbonyl (C=O) groups is 1. The van der Waals surface area contributed by atoms with E-state index in [2.05, 4.69) is 0 Å². The minimum Gasteiger partial charge on any atom is -0.494 e. The van der Waals surface area contributed by atoms with Crippen LogP contribution in [0.3, 0.4) is 0 Å². The molecule has 0 saturated heterocycles. The first-order valence-electron chi connectivity index (χ1n) is 6.86. The fraction of sp³-hybridized carbons (Fsp3) is 0.167. The number of anilines is 1. The summed E-state index contributed by atoms with van der Waals surface area (Å²) >= 11 is 0. The molecule has 0 amide bonds. The van der Waals surface area contributed by atoms with Gasteiger partial charge in [-0.15, -0.1) is 0 Å². The number of benzene rings is 2. The molecule has 2 aromatic carbocycles. The second-order valence-corrected chi connectivity index (χ2v) is 4.88. The predicted molar refractivity (Wildman–Crippen MR) is 87.7 cm³/mol. The maximum absolute atomic E-state index is 11.7. The third-order valence-electron chi connectivity index (χ3n) is 3.37. The molecule has 2 aromatic rings. The highest BCUT2D eigenvalue weighted by Gasteiger charge is 2.14. The lowest BCUT2D eigenvalue weighted by Gasteiger charge is -2.14. The molecule has 4 nitrogen and oxygen atoms in total. The maximum atomic E-state index is 11.7. The van der Waals surface area contributed by atoms with E-state index in [0.717, 1.165) is 16.7 Å². The van der Waals surface area contributed by atoms with E-state index in [1.807, 2.05) is 43.3 Å². The van der Waals surface area contributed by atoms with Crippen LogP contribution in [0, 0.1) is 6.92 Å². The van der Waals surface area contributed by atoms with Gasteiger partial charge in [-0.2, -0.15) is 0 Å². The van der Waals surface area contributed by atoms with Gasteiger partial charge in [0, 0.05) is 11.6 Å². The Kier molecular flexibility index (Phi) is 4.84. The van der Waals surface area contributed by atoms with Crippen LogP contribution < -0.4 is 10.5 Å². The van der Waals surface area contributed by atoms with Gasteiger partial charge in [-0.25, -0.2) is 4.79 Å². The minimum atomic E-state index is -0.431. The first-order chi connectivity index (χ1) is 10.6. The summed E-state index contributed by atoms with van der Waals surface area (Å²) < 4.78 is 10.2. The molecular formula is C18H19NO3. The number of para-hydroxylation sites is 1. The monoisotopic (exact) mass is 297 g/mol. The molecule has 0 radical (unpaired) electrons. The summed E-state index contributed by atoms with van der Waals surface area (Å²) in [5.41, 5.74) is 9.96. The van der Waals surface area contributed by atoms with Crippen LogP contribution in [0.1, 0.15) is 16.7 Å². The summed E-state index contributed by atoms with van der Waals surface area (Å²) in [4.78, 5) is 11.7. The first-order valence-corrected chi connectivity index (χ1v) is 6.86. The van der Waals surface area contributed by atoms with E-state index in [1.165, 1.54) is 13.2 Å². The SMILES string of the molecule is COC(=O)/C=C(/c1ccc(C)cc1)c1cccc(N)c1OC. The molecule has 0 saturated carbocycles. The average molecular weight is 297 g/mol. The standard InChI is InChI=1S/C18H19NO3/c1-12-7-9-13(10-8-12)15(11-17(20)21-2)14-5-4-6-16(19)18(14)22-3/h4-11H,19H2,1-3H3/b15-11-. The van der Waals surface area contributed by atoms with Crippen molar-refractivity contribution >= 4 is 17.2 Å². The summed E-state index contributed by atoms with van der Waals surface area (Å²) in [6.45, 7) is 2.01. The molecule has 0 unspecified atom stereocenters. The van der Waals surface area contributed by atoms with Crippen LogP contribution in [0.4, 0.5) is 5.69 Å². The Morgan fingerprint density at radius 2 is 1.77 bits per heavy atom. The lowest BCUT2D eigenvalue weighted by atomic mass is 9.95. The van der Waals surface area contributed by atoms with Crippen LogP contribution in [0.2, 0.25) is 0 Å². The van der Waals surface area contributed by atoms with Gasteiger partial charge >= 0.3 is 5.97 Å². The molecule has 0 aliphatic carbocycles. The molecule has 2 N–H and O–H groups in total. The molecule has 0 bridgehead atoms. The Bertz CT molecular complexity index is 703. The Morgan fingerprint density at radius 1 is 1.09 bits per heavy atom. The quantitative estimate of drug-likeness (QED) is 0.535. The van der Waals surface area contributed by atoms with Gasteiger partial charge in [-0.1, -0.05) is 42.0 Å². The number of nitrogen functional groups attached to an aromatic ring is 1. The van der Waals surface area contributed by atoms with Crippen molar-refractivity contribution in [2.75, 3.05) is 20.0 Å². The molecule has 2 rings (SSSR count). The molecule has 22 heavy (non-hydrogen) atoms. The summed E-state index contributed by atoms with van der Waals surface area (Å²) in [5.74, 6) is 0.110. The van der Waals surface area contributed by atoms with E-state index in [4.69, 9.17) is 15.2 Å². The van der Waals surface area contributed by atoms with Crippen molar-refractivity contribution in [1.29, 1.82) is 0 Å². The topological polar surface area (TPSA) is 61.5 Å². The van der Waals surface area contributed by atoms with Gasteiger partial charge in [-0.3, -0.25) is 0 Å². The smallest absolute Gasteiger partial charge is 0.331 e. The molecule has 0 aliphatic rings. The van der Waals surface area contributed by atoms with E-state index >= 15 is 0 Å². The van der Waals surface area contributed by atoms with Crippen molar-refractivity contribution in [3.8, 4) is 5.75 Å². The number of aryl methyl sites for hydroxylation is 1. The molecule has 0 aromatic heterocycles. The van der Waals surface area contributed by atoms with Crippen molar-refractivity contribution in [2.45, 2.75) is 6.92 Å². The maximum Gasteiger partial charge on any atom is 0.331 e. The van der Waals surface area contributed by atoms with E-state index in [1.54, 1.807) is 13.2 Å². The average Bonchev–Trinajstić information content (AvgIpc) is 2.53. The van der Waals surface area contributed by atoms with Gasteiger partial charge in [0.25, 0.3) is 0 Å². The molecular weight excluding hydrogens is 278 g/mol. The molecule has 0 aliphatic heterocycles. The van der Waals surface area contributed by atoms with Crippen LogP contribution in [-0.4, -0.2) is 20.2 Å². The predicted octanol–water partition coefficient (Wildman–Crippen LogP) is 3.19. The zero-order valence-electron chi connectivity index (χ0n) is 12.9. The van der Waals surface area contributed by atoms with Gasteiger partial charge in [0.2, 0.25) is 0 Å². The Hall–Kier alpha value is -2.75.